The van der Waals surface area contributed by atoms with Gasteiger partial charge in [-0.25, -0.2) is 0 Å². The number of carbonyl (C=O) groups is 2. The number of carbonyl (C=O) groups excluding carboxylic acids is 2. The Morgan fingerprint density at radius 3 is 2.62 bits per heavy atom. The third-order valence-electron chi connectivity index (χ3n) is 0.797. The molecule has 0 fully saturated rings. The molecule has 0 aromatic heterocycles. The van der Waals surface area contributed by atoms with Gasteiger partial charge in [0.2, 0.25) is 0 Å². The van der Waals surface area contributed by atoms with Crippen LogP contribution in [0.25, 0.3) is 0 Å². The molecule has 0 atom stereocenters. The highest BCUT2D eigenvalue weighted by atomic mass is 16.2. The molecule has 0 aliphatic rings. The third kappa shape index (κ3) is 2.50. The second-order valence-corrected chi connectivity index (χ2v) is 1.58. The Labute approximate surface area is 50.3 Å². The lowest BCUT2D eigenvalue weighted by molar-refractivity contribution is -0.135. The molecular formula is C6H10O2. The molecule has 0 radical (unpaired) electrons. The van der Waals surface area contributed by atoms with E-state index in [1.165, 1.54) is 6.92 Å². The van der Waals surface area contributed by atoms with Crippen molar-refractivity contribution < 1.29 is 11.0 Å². The van der Waals surface area contributed by atoms with Crippen LogP contribution < -0.4 is 0 Å². The van der Waals surface area contributed by atoms with Gasteiger partial charge in [0.1, 0.15) is 0 Å². The van der Waals surface area contributed by atoms with Crippen molar-refractivity contribution in [1.29, 1.82) is 0 Å². The summed E-state index contributed by atoms with van der Waals surface area (Å²) in [5.41, 5.74) is 0. The number of hydrogen-bond donors (Lipinski definition) is 0. The van der Waals surface area contributed by atoms with Gasteiger partial charge in [0, 0.05) is 14.7 Å². The SMILES string of the molecule is [2H]CCCC(=O)C(C)=O. The lowest BCUT2D eigenvalue weighted by Gasteiger charge is -1.87. The molecule has 0 N–H and O–H groups in total. The summed E-state index contributed by atoms with van der Waals surface area (Å²) in [4.78, 5) is 20.7. The molecular weight excluding hydrogens is 104 g/mol. The van der Waals surface area contributed by atoms with Crippen LogP contribution in [-0.2, 0) is 9.59 Å². The van der Waals surface area contributed by atoms with Gasteiger partial charge in [0.05, 0.1) is 0 Å². The smallest absolute Gasteiger partial charge is 0.198 e. The summed E-state index contributed by atoms with van der Waals surface area (Å²) >= 11 is 0. The van der Waals surface area contributed by atoms with Gasteiger partial charge in [-0.3, -0.25) is 9.59 Å². The average Bonchev–Trinajstić information content (AvgIpc) is 1.82. The van der Waals surface area contributed by atoms with E-state index in [1.54, 1.807) is 0 Å². The molecule has 8 heavy (non-hydrogen) atoms. The fourth-order valence-corrected chi connectivity index (χ4v) is 0.337. The summed E-state index contributed by atoms with van der Waals surface area (Å²) in [6.45, 7) is 1.48. The van der Waals surface area contributed by atoms with Crippen LogP contribution in [-0.4, -0.2) is 11.6 Å². The number of rotatable bonds is 3. The van der Waals surface area contributed by atoms with Gasteiger partial charge in [-0.1, -0.05) is 6.90 Å². The topological polar surface area (TPSA) is 34.1 Å². The van der Waals surface area contributed by atoms with Crippen molar-refractivity contribution in [3.05, 3.63) is 0 Å². The molecule has 0 aliphatic heterocycles. The largest absolute Gasteiger partial charge is 0.291 e. The third-order valence-corrected chi connectivity index (χ3v) is 0.797. The van der Waals surface area contributed by atoms with Crippen molar-refractivity contribution in [2.45, 2.75) is 26.7 Å². The summed E-state index contributed by atoms with van der Waals surface area (Å²) in [5.74, 6) is -0.759. The second-order valence-electron chi connectivity index (χ2n) is 1.58. The Bertz CT molecular complexity index is 120. The Kier molecular flexibility index (Phi) is 2.30. The highest BCUT2D eigenvalue weighted by molar-refractivity contribution is 6.36. The van der Waals surface area contributed by atoms with Gasteiger partial charge < -0.3 is 0 Å². The number of ketones is 2. The van der Waals surface area contributed by atoms with E-state index in [9.17, 15) is 9.59 Å². The van der Waals surface area contributed by atoms with E-state index < -0.39 is 5.78 Å². The minimum Gasteiger partial charge on any atom is -0.291 e. The van der Waals surface area contributed by atoms with Crippen LogP contribution in [0.1, 0.15) is 28.0 Å². The van der Waals surface area contributed by atoms with Gasteiger partial charge >= 0.3 is 0 Å². The van der Waals surface area contributed by atoms with Crippen LogP contribution in [0.2, 0.25) is 0 Å². The van der Waals surface area contributed by atoms with Gasteiger partial charge in [0.15, 0.2) is 11.6 Å². The van der Waals surface area contributed by atoms with E-state index in [2.05, 4.69) is 0 Å². The Balaban J connectivity index is 3.39. The minimum atomic E-state index is -0.400. The quantitative estimate of drug-likeness (QED) is 0.513. The Morgan fingerprint density at radius 2 is 2.25 bits per heavy atom. The molecule has 0 unspecified atom stereocenters. The highest BCUT2D eigenvalue weighted by Crippen LogP contribution is 1.88. The van der Waals surface area contributed by atoms with E-state index in [0.717, 1.165) is 0 Å². The van der Waals surface area contributed by atoms with Crippen LogP contribution >= 0.6 is 0 Å². The Hall–Kier alpha value is -0.660. The molecule has 2 nitrogen and oxygen atoms in total. The van der Waals surface area contributed by atoms with Crippen molar-refractivity contribution in [3.63, 3.8) is 0 Å². The van der Waals surface area contributed by atoms with E-state index in [1.807, 2.05) is 0 Å². The maximum Gasteiger partial charge on any atom is 0.198 e. The zero-order valence-electron chi connectivity index (χ0n) is 5.94. The minimum absolute atomic E-state index is 0.221. The molecule has 0 heterocycles. The predicted octanol–water partition coefficient (Wildman–Crippen LogP) is 0.945. The van der Waals surface area contributed by atoms with Crippen molar-refractivity contribution in [2.24, 2.45) is 0 Å². The van der Waals surface area contributed by atoms with E-state index >= 15 is 0 Å². The molecule has 46 valence electrons. The first-order valence-electron chi connectivity index (χ1n) is 3.22. The van der Waals surface area contributed by atoms with Crippen LogP contribution in [0.4, 0.5) is 0 Å². The van der Waals surface area contributed by atoms with Crippen molar-refractivity contribution in [1.82, 2.24) is 0 Å². The second kappa shape index (κ2) is 3.36. The van der Waals surface area contributed by atoms with E-state index in [-0.39, 0.29) is 19.1 Å². The Morgan fingerprint density at radius 1 is 1.62 bits per heavy atom. The standard InChI is InChI=1S/C6H10O2/c1-3-4-6(8)5(2)7/h3-4H2,1-2H3/i1D. The first kappa shape index (κ1) is 5.48. The van der Waals surface area contributed by atoms with Crippen molar-refractivity contribution in [2.75, 3.05) is 0 Å². The normalized spacial score (nSPS) is 10.4. The van der Waals surface area contributed by atoms with Crippen molar-refractivity contribution in [3.8, 4) is 0 Å². The fourth-order valence-electron chi connectivity index (χ4n) is 0.337. The van der Waals surface area contributed by atoms with Crippen LogP contribution in [0.15, 0.2) is 0 Å². The molecule has 0 aromatic carbocycles. The summed E-state index contributed by atoms with van der Waals surface area (Å²) in [6.07, 6.45) is 0.733. The summed E-state index contributed by atoms with van der Waals surface area (Å²) in [6, 6.07) is 0. The molecule has 0 saturated carbocycles. The lowest BCUT2D eigenvalue weighted by Crippen LogP contribution is -2.07. The molecule has 0 bridgehead atoms. The molecule has 0 spiro atoms. The van der Waals surface area contributed by atoms with Gasteiger partial charge in [-0.15, -0.1) is 0 Å². The van der Waals surface area contributed by atoms with Gasteiger partial charge in [-0.05, 0) is 6.42 Å². The first-order chi connectivity index (χ1) is 4.18. The van der Waals surface area contributed by atoms with E-state index in [0.29, 0.717) is 6.42 Å². The number of hydrogen-bond acceptors (Lipinski definition) is 2. The molecule has 0 aliphatic carbocycles. The molecule has 2 heteroatoms. The molecule has 0 amide bonds. The van der Waals surface area contributed by atoms with Crippen molar-refractivity contribution >= 4 is 11.6 Å². The molecule has 0 rings (SSSR count). The zero-order chi connectivity index (χ0) is 7.28. The fraction of sp³-hybridized carbons (Fsp3) is 0.667. The summed E-state index contributed by atoms with van der Waals surface area (Å²) < 4.78 is 6.67. The number of Topliss-reactive ketones (excluding diaryl/α,β-unsaturated/α-hetero) is 2. The molecule has 0 saturated heterocycles. The maximum absolute atomic E-state index is 10.5. The van der Waals surface area contributed by atoms with Crippen LogP contribution in [0.5, 0.6) is 0 Å². The van der Waals surface area contributed by atoms with Crippen LogP contribution in [0.3, 0.4) is 0 Å². The van der Waals surface area contributed by atoms with E-state index in [4.69, 9.17) is 1.37 Å². The predicted molar refractivity (Wildman–Crippen MR) is 30.6 cm³/mol. The maximum atomic E-state index is 10.5. The van der Waals surface area contributed by atoms with Gasteiger partial charge in [0.25, 0.3) is 0 Å². The average molecular weight is 115 g/mol. The first-order valence-corrected chi connectivity index (χ1v) is 2.51. The summed E-state index contributed by atoms with van der Waals surface area (Å²) in [5, 5.41) is 0. The zero-order valence-corrected chi connectivity index (χ0v) is 4.94. The lowest BCUT2D eigenvalue weighted by atomic mass is 10.2. The molecule has 0 aromatic rings. The monoisotopic (exact) mass is 115 g/mol. The van der Waals surface area contributed by atoms with Crippen LogP contribution in [0, 0.1) is 0 Å². The summed E-state index contributed by atoms with van der Waals surface area (Å²) in [7, 11) is 0. The van der Waals surface area contributed by atoms with Gasteiger partial charge in [-0.2, -0.15) is 0 Å². The highest BCUT2D eigenvalue weighted by Gasteiger charge is 2.03.